The summed E-state index contributed by atoms with van der Waals surface area (Å²) in [6.07, 6.45) is 2.74. The molecule has 8 nitrogen and oxygen atoms in total. The maximum Gasteiger partial charge on any atom is 0.268 e. The number of nitrogens with zero attached hydrogens (tertiary/aromatic N) is 3. The number of rotatable bonds is 8. The van der Waals surface area contributed by atoms with Crippen LogP contribution in [-0.2, 0) is 11.3 Å². The lowest BCUT2D eigenvalue weighted by atomic mass is 10.2. The van der Waals surface area contributed by atoms with Gasteiger partial charge in [0.2, 0.25) is 17.4 Å². The first kappa shape index (κ1) is 21.1. The number of hydrogen-bond donors (Lipinski definition) is 2. The first-order valence-corrected chi connectivity index (χ1v) is 9.97. The topological polar surface area (TPSA) is 92.5 Å². The zero-order valence-electron chi connectivity index (χ0n) is 17.8. The Balaban J connectivity index is 1.58. The van der Waals surface area contributed by atoms with E-state index >= 15 is 0 Å². The third-order valence-electron chi connectivity index (χ3n) is 4.48. The number of fused-ring (bicyclic) bond motifs is 1. The molecule has 0 aliphatic rings. The lowest BCUT2D eigenvalue weighted by Crippen LogP contribution is -2.10. The molecule has 0 radical (unpaired) electrons. The van der Waals surface area contributed by atoms with E-state index in [2.05, 4.69) is 44.2 Å². The number of nitrogens with one attached hydrogen (secondary N) is 2. The minimum absolute atomic E-state index is 0.263. The molecule has 4 rings (SSSR count). The second-order valence-electron chi connectivity index (χ2n) is 7.37. The molecule has 2 N–H and O–H groups in total. The van der Waals surface area contributed by atoms with Gasteiger partial charge in [0.1, 0.15) is 11.3 Å². The second-order valence-corrected chi connectivity index (χ2v) is 7.37. The highest BCUT2D eigenvalue weighted by molar-refractivity contribution is 5.99. The van der Waals surface area contributed by atoms with Crippen molar-refractivity contribution in [3.05, 3.63) is 79.1 Å². The Bertz CT molecular complexity index is 1250. The van der Waals surface area contributed by atoms with Crippen molar-refractivity contribution >= 4 is 34.3 Å². The van der Waals surface area contributed by atoms with Crippen molar-refractivity contribution in [2.24, 2.45) is 0 Å². The van der Waals surface area contributed by atoms with Crippen LogP contribution in [0.5, 0.6) is 11.6 Å². The number of anilines is 3. The summed E-state index contributed by atoms with van der Waals surface area (Å²) in [7, 11) is 4.06. The molecule has 32 heavy (non-hydrogen) atoms. The van der Waals surface area contributed by atoms with Gasteiger partial charge in [-0.3, -0.25) is 4.79 Å². The van der Waals surface area contributed by atoms with E-state index in [1.807, 2.05) is 26.2 Å². The third-order valence-corrected chi connectivity index (χ3v) is 4.48. The van der Waals surface area contributed by atoms with Gasteiger partial charge in [0.25, 0.3) is 5.88 Å². The number of ether oxygens (including phenoxy) is 1. The van der Waals surface area contributed by atoms with Gasteiger partial charge in [0.15, 0.2) is 0 Å². The lowest BCUT2D eigenvalue weighted by molar-refractivity contribution is -0.111. The summed E-state index contributed by atoms with van der Waals surface area (Å²) in [5, 5.41) is 5.91. The van der Waals surface area contributed by atoms with Crippen LogP contribution < -0.4 is 15.4 Å². The van der Waals surface area contributed by atoms with Crippen molar-refractivity contribution in [3.63, 3.8) is 0 Å². The average Bonchev–Trinajstić information content (AvgIpc) is 3.24. The Morgan fingerprint density at radius 3 is 2.69 bits per heavy atom. The molecule has 2 aromatic heterocycles. The van der Waals surface area contributed by atoms with Crippen LogP contribution in [0.4, 0.5) is 17.3 Å². The zero-order valence-corrected chi connectivity index (χ0v) is 17.8. The van der Waals surface area contributed by atoms with Crippen molar-refractivity contribution in [3.8, 4) is 11.6 Å². The van der Waals surface area contributed by atoms with Crippen molar-refractivity contribution in [1.82, 2.24) is 14.9 Å². The molecule has 0 spiro atoms. The average molecular weight is 429 g/mol. The molecule has 4 aromatic rings. The standard InChI is InChI=1S/C24H23N5O3/c1-4-21(30)25-18-6-5-7-19(14-18)32-23-22-20(12-13-31-22)27-24(28-23)26-17-10-8-16(9-11-17)15-29(2)3/h4-14H,1,15H2,2-3H3,(H,25,30)(H,26,27,28). The number of aromatic nitrogens is 2. The van der Waals surface area contributed by atoms with Gasteiger partial charge < -0.3 is 24.7 Å². The van der Waals surface area contributed by atoms with E-state index < -0.39 is 0 Å². The fourth-order valence-electron chi connectivity index (χ4n) is 3.09. The molecule has 0 aliphatic carbocycles. The predicted molar refractivity (Wildman–Crippen MR) is 124 cm³/mol. The highest BCUT2D eigenvalue weighted by atomic mass is 16.5. The van der Waals surface area contributed by atoms with Gasteiger partial charge in [-0.2, -0.15) is 4.98 Å². The Kier molecular flexibility index (Phi) is 6.14. The van der Waals surface area contributed by atoms with E-state index in [9.17, 15) is 4.79 Å². The molecule has 0 unspecified atom stereocenters. The quantitative estimate of drug-likeness (QED) is 0.383. The normalized spacial score (nSPS) is 10.8. The van der Waals surface area contributed by atoms with E-state index in [1.165, 1.54) is 17.9 Å². The van der Waals surface area contributed by atoms with Gasteiger partial charge in [-0.15, -0.1) is 0 Å². The fraction of sp³-hybridized carbons (Fsp3) is 0.125. The van der Waals surface area contributed by atoms with Crippen LogP contribution in [0, 0.1) is 0 Å². The monoisotopic (exact) mass is 429 g/mol. The summed E-state index contributed by atoms with van der Waals surface area (Å²) in [4.78, 5) is 22.7. The van der Waals surface area contributed by atoms with Gasteiger partial charge in [0, 0.05) is 30.1 Å². The molecule has 0 atom stereocenters. The number of carbonyl (C=O) groups excluding carboxylic acids is 1. The van der Waals surface area contributed by atoms with Crippen LogP contribution in [0.3, 0.4) is 0 Å². The van der Waals surface area contributed by atoms with Gasteiger partial charge in [0.05, 0.1) is 6.26 Å². The minimum Gasteiger partial charge on any atom is -0.457 e. The molecule has 2 aromatic carbocycles. The van der Waals surface area contributed by atoms with Crippen LogP contribution in [0.1, 0.15) is 5.56 Å². The first-order valence-electron chi connectivity index (χ1n) is 9.97. The summed E-state index contributed by atoms with van der Waals surface area (Å²) in [6.45, 7) is 4.32. The highest BCUT2D eigenvalue weighted by Crippen LogP contribution is 2.31. The molecule has 162 valence electrons. The largest absolute Gasteiger partial charge is 0.457 e. The van der Waals surface area contributed by atoms with E-state index in [0.29, 0.717) is 28.5 Å². The van der Waals surface area contributed by atoms with E-state index in [4.69, 9.17) is 9.15 Å². The molecule has 0 saturated carbocycles. The number of hydrogen-bond acceptors (Lipinski definition) is 7. The van der Waals surface area contributed by atoms with Crippen LogP contribution in [0.15, 0.2) is 77.9 Å². The van der Waals surface area contributed by atoms with Gasteiger partial charge in [-0.05, 0) is 50.0 Å². The molecule has 0 bridgehead atoms. The van der Waals surface area contributed by atoms with Crippen LogP contribution >= 0.6 is 0 Å². The Morgan fingerprint density at radius 1 is 1.12 bits per heavy atom. The minimum atomic E-state index is -0.305. The van der Waals surface area contributed by atoms with Crippen molar-refractivity contribution in [2.75, 3.05) is 24.7 Å². The van der Waals surface area contributed by atoms with Crippen LogP contribution in [0.2, 0.25) is 0 Å². The summed E-state index contributed by atoms with van der Waals surface area (Å²) in [5.74, 6) is 0.826. The van der Waals surface area contributed by atoms with Crippen LogP contribution in [0.25, 0.3) is 11.1 Å². The maximum atomic E-state index is 11.6. The Labute approximate surface area is 185 Å². The van der Waals surface area contributed by atoms with E-state index in [-0.39, 0.29) is 11.8 Å². The molecule has 0 aliphatic heterocycles. The number of benzene rings is 2. The molecule has 2 heterocycles. The molecular weight excluding hydrogens is 406 g/mol. The van der Waals surface area contributed by atoms with Gasteiger partial charge in [-0.25, -0.2) is 4.98 Å². The molecule has 0 fully saturated rings. The molecular formula is C24H23N5O3. The SMILES string of the molecule is C=CC(=O)Nc1cccc(Oc2nc(Nc3ccc(CN(C)C)cc3)nc3ccoc23)c1. The Hall–Kier alpha value is -4.17. The number of furan rings is 1. The van der Waals surface area contributed by atoms with Gasteiger partial charge >= 0.3 is 0 Å². The van der Waals surface area contributed by atoms with E-state index in [1.54, 1.807) is 30.3 Å². The molecule has 1 amide bonds. The zero-order chi connectivity index (χ0) is 22.5. The summed E-state index contributed by atoms with van der Waals surface area (Å²) in [6, 6.07) is 16.8. The predicted octanol–water partition coefficient (Wildman–Crippen LogP) is 4.94. The Morgan fingerprint density at radius 2 is 1.94 bits per heavy atom. The smallest absolute Gasteiger partial charge is 0.268 e. The van der Waals surface area contributed by atoms with Crippen molar-refractivity contribution < 1.29 is 13.9 Å². The van der Waals surface area contributed by atoms with Crippen molar-refractivity contribution in [1.29, 1.82) is 0 Å². The lowest BCUT2D eigenvalue weighted by Gasteiger charge is -2.11. The summed E-state index contributed by atoms with van der Waals surface area (Å²) in [5.41, 5.74) is 3.68. The number of carbonyl (C=O) groups is 1. The fourth-order valence-corrected chi connectivity index (χ4v) is 3.09. The summed E-state index contributed by atoms with van der Waals surface area (Å²) < 4.78 is 11.5. The third kappa shape index (κ3) is 5.11. The highest BCUT2D eigenvalue weighted by Gasteiger charge is 2.14. The molecule has 8 heteroatoms. The molecule has 0 saturated heterocycles. The van der Waals surface area contributed by atoms with E-state index in [0.717, 1.165) is 12.2 Å². The van der Waals surface area contributed by atoms with Crippen molar-refractivity contribution in [2.45, 2.75) is 6.54 Å². The van der Waals surface area contributed by atoms with Gasteiger partial charge in [-0.1, -0.05) is 24.8 Å². The van der Waals surface area contributed by atoms with Crippen LogP contribution in [-0.4, -0.2) is 34.9 Å². The maximum absolute atomic E-state index is 11.6. The number of amides is 1. The summed E-state index contributed by atoms with van der Waals surface area (Å²) >= 11 is 0. The first-order chi connectivity index (χ1) is 15.5. The second kappa shape index (κ2) is 9.32.